The number of hydrogen-bond acceptors (Lipinski definition) is 2. The fraction of sp³-hybridized carbons (Fsp3) is 0.308. The van der Waals surface area contributed by atoms with Crippen molar-refractivity contribution < 1.29 is 23.5 Å². The van der Waals surface area contributed by atoms with Crippen LogP contribution in [0.25, 0.3) is 10.9 Å². The third kappa shape index (κ3) is 4.21. The molecule has 1 fully saturated rings. The van der Waals surface area contributed by atoms with Crippen molar-refractivity contribution in [3.63, 3.8) is 0 Å². The smallest absolute Gasteiger partial charge is 0.312 e. The Morgan fingerprint density at radius 1 is 1.23 bits per heavy atom. The van der Waals surface area contributed by atoms with Crippen LogP contribution in [0, 0.1) is 12.3 Å². The molecule has 1 N–H and O–H groups in total. The molecule has 0 aliphatic carbocycles. The van der Waals surface area contributed by atoms with Crippen LogP contribution in [0.5, 0.6) is 0 Å². The molecule has 3 aromatic rings. The van der Waals surface area contributed by atoms with Gasteiger partial charge in [0.15, 0.2) is 0 Å². The maximum Gasteiger partial charge on any atom is 0.312 e. The Hall–Kier alpha value is -2.90. The minimum absolute atomic E-state index is 0.0929. The number of amides is 1. The van der Waals surface area contributed by atoms with Crippen LogP contribution in [0.4, 0.5) is 8.78 Å². The molecule has 2 heterocycles. The van der Waals surface area contributed by atoms with Gasteiger partial charge in [-0.15, -0.1) is 0 Å². The number of carboxylic acid groups (broad SMARTS) is 1. The first-order valence-electron chi connectivity index (χ1n) is 10.9. The Labute approximate surface area is 211 Å². The van der Waals surface area contributed by atoms with Gasteiger partial charge in [0.05, 0.1) is 10.6 Å². The average Bonchev–Trinajstić information content (AvgIpc) is 3.09. The molecular weight excluding hydrogens is 497 g/mol. The van der Waals surface area contributed by atoms with E-state index in [0.29, 0.717) is 27.7 Å². The SMILES string of the molecule is C=CC(F)(F)c1cc(C)c2cc(Cc3c(Cl)ccc(C(=O)N4CC(C)(C(=O)O)C4)c3Cl)n(C)c2c1. The Balaban J connectivity index is 1.69. The van der Waals surface area contributed by atoms with E-state index in [0.717, 1.165) is 11.1 Å². The molecule has 1 amide bonds. The van der Waals surface area contributed by atoms with Gasteiger partial charge >= 0.3 is 5.97 Å². The fourth-order valence-corrected chi connectivity index (χ4v) is 5.08. The van der Waals surface area contributed by atoms with Crippen molar-refractivity contribution in [2.45, 2.75) is 26.2 Å². The van der Waals surface area contributed by atoms with Gasteiger partial charge in [-0.25, -0.2) is 0 Å². The first kappa shape index (κ1) is 25.2. The number of alkyl halides is 2. The number of halogens is 4. The quantitative estimate of drug-likeness (QED) is 0.393. The van der Waals surface area contributed by atoms with Crippen LogP contribution in [-0.4, -0.2) is 39.5 Å². The van der Waals surface area contributed by atoms with E-state index in [1.807, 2.05) is 6.07 Å². The Kier molecular flexibility index (Phi) is 6.22. The van der Waals surface area contributed by atoms with Gasteiger partial charge in [-0.3, -0.25) is 9.59 Å². The van der Waals surface area contributed by atoms with Crippen molar-refractivity contribution in [3.8, 4) is 0 Å². The van der Waals surface area contributed by atoms with Crippen molar-refractivity contribution in [3.05, 3.63) is 81.0 Å². The molecule has 1 aromatic heterocycles. The summed E-state index contributed by atoms with van der Waals surface area (Å²) in [5.74, 6) is -4.47. The number of allylic oxidation sites excluding steroid dienone is 1. The zero-order chi connectivity index (χ0) is 25.9. The molecule has 0 unspecified atom stereocenters. The zero-order valence-electron chi connectivity index (χ0n) is 19.5. The van der Waals surface area contributed by atoms with Gasteiger partial charge in [0.1, 0.15) is 5.41 Å². The topological polar surface area (TPSA) is 62.5 Å². The van der Waals surface area contributed by atoms with Crippen molar-refractivity contribution in [1.82, 2.24) is 9.47 Å². The highest BCUT2D eigenvalue weighted by Crippen LogP contribution is 2.37. The molecule has 0 bridgehead atoms. The predicted molar refractivity (Wildman–Crippen MR) is 133 cm³/mol. The summed E-state index contributed by atoms with van der Waals surface area (Å²) in [5.41, 5.74) is 1.75. The number of hydrogen-bond donors (Lipinski definition) is 1. The molecule has 0 saturated carbocycles. The second-order valence-corrected chi connectivity index (χ2v) is 10.1. The van der Waals surface area contributed by atoms with Crippen LogP contribution >= 0.6 is 23.2 Å². The summed E-state index contributed by atoms with van der Waals surface area (Å²) in [5, 5.41) is 10.7. The number of rotatable bonds is 6. The Bertz CT molecular complexity index is 1390. The largest absolute Gasteiger partial charge is 0.481 e. The molecule has 0 atom stereocenters. The van der Waals surface area contributed by atoms with Gasteiger partial charge in [-0.1, -0.05) is 29.8 Å². The number of aryl methyl sites for hydroxylation is 2. The average molecular weight is 521 g/mol. The molecular formula is C26H24Cl2F2N2O3. The summed E-state index contributed by atoms with van der Waals surface area (Å²) in [6.45, 7) is 6.78. The van der Waals surface area contributed by atoms with Gasteiger partial charge in [0.2, 0.25) is 0 Å². The van der Waals surface area contributed by atoms with Gasteiger partial charge in [-0.2, -0.15) is 8.78 Å². The molecule has 35 heavy (non-hydrogen) atoms. The van der Waals surface area contributed by atoms with E-state index in [4.69, 9.17) is 23.2 Å². The number of likely N-dealkylation sites (tertiary alicyclic amines) is 1. The van der Waals surface area contributed by atoms with E-state index in [-0.39, 0.29) is 41.6 Å². The molecule has 1 aliphatic heterocycles. The summed E-state index contributed by atoms with van der Waals surface area (Å²) in [6.07, 6.45) is 0.889. The maximum atomic E-state index is 14.3. The molecule has 1 saturated heterocycles. The van der Waals surface area contributed by atoms with E-state index in [2.05, 4.69) is 6.58 Å². The van der Waals surface area contributed by atoms with Gasteiger partial charge in [0, 0.05) is 53.7 Å². The lowest BCUT2D eigenvalue weighted by Gasteiger charge is -2.45. The highest BCUT2D eigenvalue weighted by Gasteiger charge is 2.47. The number of aliphatic carboxylic acids is 1. The van der Waals surface area contributed by atoms with Crippen molar-refractivity contribution >= 4 is 46.0 Å². The summed E-state index contributed by atoms with van der Waals surface area (Å²) >= 11 is 13.1. The number of fused-ring (bicyclic) bond motifs is 1. The second kappa shape index (κ2) is 8.64. The minimum atomic E-state index is -3.15. The lowest BCUT2D eigenvalue weighted by Crippen LogP contribution is -2.60. The summed E-state index contributed by atoms with van der Waals surface area (Å²) < 4.78 is 30.3. The van der Waals surface area contributed by atoms with Crippen LogP contribution in [0.1, 0.15) is 39.7 Å². The van der Waals surface area contributed by atoms with Gasteiger partial charge in [0.25, 0.3) is 11.8 Å². The van der Waals surface area contributed by atoms with E-state index in [1.165, 1.54) is 23.1 Å². The highest BCUT2D eigenvalue weighted by molar-refractivity contribution is 6.38. The van der Waals surface area contributed by atoms with E-state index < -0.39 is 17.3 Å². The number of carbonyl (C=O) groups excluding carboxylic acids is 1. The fourth-order valence-electron chi connectivity index (χ4n) is 4.49. The standard InChI is InChI=1S/C26H24Cl2F2N2O3/c1-5-26(29,30)15-8-14(2)18-10-16(31(4)21(18)9-15)11-19-20(27)7-6-17(22(19)28)23(33)32-12-25(3,13-32)24(34)35/h5-10H,1,11-13H2,2-4H3,(H,34,35). The number of carboxylic acids is 1. The lowest BCUT2D eigenvalue weighted by molar-refractivity contribution is -0.155. The van der Waals surface area contributed by atoms with Crippen LogP contribution in [0.3, 0.4) is 0 Å². The highest BCUT2D eigenvalue weighted by atomic mass is 35.5. The lowest BCUT2D eigenvalue weighted by atomic mass is 9.81. The Morgan fingerprint density at radius 3 is 2.49 bits per heavy atom. The van der Waals surface area contributed by atoms with Crippen molar-refractivity contribution in [2.24, 2.45) is 12.5 Å². The normalized spacial score (nSPS) is 15.2. The molecule has 184 valence electrons. The van der Waals surface area contributed by atoms with Crippen molar-refractivity contribution in [2.75, 3.05) is 13.1 Å². The molecule has 5 nitrogen and oxygen atoms in total. The minimum Gasteiger partial charge on any atom is -0.481 e. The molecule has 9 heteroatoms. The molecule has 0 radical (unpaired) electrons. The second-order valence-electron chi connectivity index (χ2n) is 9.34. The van der Waals surface area contributed by atoms with E-state index in [9.17, 15) is 23.5 Å². The predicted octanol–water partition coefficient (Wildman–Crippen LogP) is 6.21. The summed E-state index contributed by atoms with van der Waals surface area (Å²) in [7, 11) is 1.77. The number of benzene rings is 2. The Morgan fingerprint density at radius 2 is 1.89 bits per heavy atom. The number of aromatic nitrogens is 1. The van der Waals surface area contributed by atoms with E-state index in [1.54, 1.807) is 31.5 Å². The van der Waals surface area contributed by atoms with Crippen LogP contribution < -0.4 is 0 Å². The number of nitrogens with zero attached hydrogens (tertiary/aromatic N) is 2. The van der Waals surface area contributed by atoms with Crippen molar-refractivity contribution in [1.29, 1.82) is 0 Å². The molecule has 4 rings (SSSR count). The molecule has 1 aliphatic rings. The zero-order valence-corrected chi connectivity index (χ0v) is 21.0. The van der Waals surface area contributed by atoms with Crippen LogP contribution in [0.2, 0.25) is 10.0 Å². The maximum absolute atomic E-state index is 14.3. The third-order valence-electron chi connectivity index (χ3n) is 6.77. The van der Waals surface area contributed by atoms with Gasteiger partial charge < -0.3 is 14.6 Å². The van der Waals surface area contributed by atoms with Crippen LogP contribution in [0.15, 0.2) is 43.0 Å². The van der Waals surface area contributed by atoms with E-state index >= 15 is 0 Å². The first-order valence-corrected chi connectivity index (χ1v) is 11.6. The molecule has 0 spiro atoms. The monoisotopic (exact) mass is 520 g/mol. The molecule has 2 aromatic carbocycles. The third-order valence-corrected chi connectivity index (χ3v) is 7.55. The summed E-state index contributed by atoms with van der Waals surface area (Å²) in [4.78, 5) is 25.8. The summed E-state index contributed by atoms with van der Waals surface area (Å²) in [6, 6.07) is 7.91. The number of carbonyl (C=O) groups is 2. The van der Waals surface area contributed by atoms with Gasteiger partial charge in [-0.05, 0) is 61.4 Å². The first-order chi connectivity index (χ1) is 16.3. The van der Waals surface area contributed by atoms with Crippen LogP contribution in [-0.2, 0) is 24.2 Å².